The molecule has 0 heterocycles. The van der Waals surface area contributed by atoms with Gasteiger partial charge in [0.05, 0.1) is 0 Å². The van der Waals surface area contributed by atoms with Crippen LogP contribution in [0.5, 0.6) is 0 Å². The summed E-state index contributed by atoms with van der Waals surface area (Å²) in [6.45, 7) is 3.86. The Morgan fingerprint density at radius 2 is 1.48 bits per heavy atom. The monoisotopic (exact) mass is 441 g/mol. The van der Waals surface area contributed by atoms with Gasteiger partial charge in [0.25, 0.3) is 0 Å². The van der Waals surface area contributed by atoms with Crippen LogP contribution in [-0.2, 0) is 20.7 Å². The second-order valence-corrected chi connectivity index (χ2v) is 8.04. The van der Waals surface area contributed by atoms with E-state index < -0.39 is 18.1 Å². The Balaban J connectivity index is 1.49. The first-order chi connectivity index (χ1) is 16.1. The first kappa shape index (κ1) is 22.3. The molecule has 4 rings (SSSR count). The molecule has 168 valence electrons. The number of rotatable bonds is 8. The first-order valence-electron chi connectivity index (χ1n) is 11.0. The Kier molecular flexibility index (Phi) is 6.89. The highest BCUT2D eigenvalue weighted by Gasteiger charge is 2.32. The van der Waals surface area contributed by atoms with Crippen LogP contribution in [0.25, 0.3) is 11.1 Å². The first-order valence-corrected chi connectivity index (χ1v) is 11.0. The number of benzene rings is 3. The van der Waals surface area contributed by atoms with Crippen molar-refractivity contribution in [1.29, 1.82) is 0 Å². The number of esters is 1. The number of carbonyl (C=O) groups excluding carboxylic acids is 2. The predicted octanol–water partition coefficient (Wildman–Crippen LogP) is 5.21. The average molecular weight is 442 g/mol. The van der Waals surface area contributed by atoms with Crippen LogP contribution in [0.4, 0.5) is 4.79 Å². The average Bonchev–Trinajstić information content (AvgIpc) is 3.18. The smallest absolute Gasteiger partial charge is 0.410 e. The van der Waals surface area contributed by atoms with Crippen molar-refractivity contribution in [3.8, 4) is 11.1 Å². The molecule has 0 unspecified atom stereocenters. The molecule has 0 aliphatic heterocycles. The molecule has 1 aliphatic carbocycles. The summed E-state index contributed by atoms with van der Waals surface area (Å²) >= 11 is 0. The second kappa shape index (κ2) is 10.2. The molecule has 0 saturated heterocycles. The largest absolute Gasteiger partial charge is 0.460 e. The van der Waals surface area contributed by atoms with E-state index >= 15 is 0 Å². The Labute approximate surface area is 194 Å². The van der Waals surface area contributed by atoms with E-state index in [2.05, 4.69) is 30.8 Å². The van der Waals surface area contributed by atoms with Crippen molar-refractivity contribution in [2.45, 2.75) is 18.4 Å². The summed E-state index contributed by atoms with van der Waals surface area (Å²) in [5, 5.41) is 0. The Morgan fingerprint density at radius 3 is 2.09 bits per heavy atom. The lowest BCUT2D eigenvalue weighted by atomic mass is 9.98. The number of likely N-dealkylation sites (N-methyl/N-ethyl adjacent to an activating group) is 1. The maximum Gasteiger partial charge on any atom is 0.410 e. The second-order valence-electron chi connectivity index (χ2n) is 8.04. The van der Waals surface area contributed by atoms with Crippen LogP contribution in [0.2, 0.25) is 0 Å². The third kappa shape index (κ3) is 4.82. The van der Waals surface area contributed by atoms with Crippen LogP contribution in [-0.4, -0.2) is 43.3 Å². The lowest BCUT2D eigenvalue weighted by Crippen LogP contribution is -2.45. The normalized spacial score (nSPS) is 12.9. The van der Waals surface area contributed by atoms with Crippen molar-refractivity contribution in [2.75, 3.05) is 20.3 Å². The van der Waals surface area contributed by atoms with Crippen LogP contribution in [0.3, 0.4) is 0 Å². The summed E-state index contributed by atoms with van der Waals surface area (Å²) < 4.78 is 11.0. The van der Waals surface area contributed by atoms with Crippen LogP contribution in [0.15, 0.2) is 91.5 Å². The Morgan fingerprint density at radius 1 is 0.909 bits per heavy atom. The molecular formula is C28H27NO4. The van der Waals surface area contributed by atoms with Gasteiger partial charge < -0.3 is 9.47 Å². The lowest BCUT2D eigenvalue weighted by molar-refractivity contribution is -0.147. The molecule has 3 aromatic rings. The fourth-order valence-electron chi connectivity index (χ4n) is 4.28. The zero-order valence-corrected chi connectivity index (χ0v) is 18.6. The number of carbonyl (C=O) groups is 2. The Bertz CT molecular complexity index is 1100. The van der Waals surface area contributed by atoms with Crippen molar-refractivity contribution >= 4 is 12.1 Å². The molecule has 0 bridgehead atoms. The van der Waals surface area contributed by atoms with Crippen molar-refractivity contribution in [1.82, 2.24) is 4.90 Å². The minimum atomic E-state index is -0.803. The van der Waals surface area contributed by atoms with Crippen molar-refractivity contribution in [3.05, 3.63) is 108 Å². The molecule has 1 atom stereocenters. The molecule has 1 aliphatic rings. The molecule has 1 amide bonds. The minimum Gasteiger partial charge on any atom is -0.460 e. The van der Waals surface area contributed by atoms with Crippen molar-refractivity contribution in [3.63, 3.8) is 0 Å². The highest BCUT2D eigenvalue weighted by Crippen LogP contribution is 2.44. The van der Waals surface area contributed by atoms with Gasteiger partial charge in [-0.15, -0.1) is 0 Å². The molecule has 0 saturated carbocycles. The van der Waals surface area contributed by atoms with Crippen LogP contribution in [0.1, 0.15) is 22.6 Å². The number of hydrogen-bond acceptors (Lipinski definition) is 4. The lowest BCUT2D eigenvalue weighted by Gasteiger charge is -2.26. The van der Waals surface area contributed by atoms with Gasteiger partial charge in [-0.25, -0.2) is 9.59 Å². The molecule has 3 aromatic carbocycles. The summed E-state index contributed by atoms with van der Waals surface area (Å²) in [6, 6.07) is 25.1. The molecule has 0 spiro atoms. The molecule has 5 heteroatoms. The molecule has 33 heavy (non-hydrogen) atoms. The fourth-order valence-corrected chi connectivity index (χ4v) is 4.28. The topological polar surface area (TPSA) is 55.8 Å². The molecule has 5 nitrogen and oxygen atoms in total. The number of nitrogens with zero attached hydrogens (tertiary/aromatic N) is 1. The summed E-state index contributed by atoms with van der Waals surface area (Å²) in [5.74, 6) is -0.537. The van der Waals surface area contributed by atoms with Gasteiger partial charge in [0.1, 0.15) is 19.3 Å². The molecule has 0 fully saturated rings. The Hall–Kier alpha value is -3.86. The van der Waals surface area contributed by atoms with Crippen molar-refractivity contribution in [2.24, 2.45) is 0 Å². The van der Waals surface area contributed by atoms with E-state index in [0.29, 0.717) is 6.42 Å². The molecular weight excluding hydrogens is 414 g/mol. The van der Waals surface area contributed by atoms with Crippen LogP contribution in [0, 0.1) is 0 Å². The summed E-state index contributed by atoms with van der Waals surface area (Å²) in [5.41, 5.74) is 5.53. The standard InChI is InChI=1S/C28H27NO4/c1-3-17-32-27(30)26(18-20-11-5-4-6-12-20)29(2)28(31)33-19-25-23-15-9-7-13-21(23)22-14-8-10-16-24(22)25/h3-16,25-26H,1,17-19H2,2H3/t26-/m0/s1. The van der Waals surface area contributed by atoms with E-state index in [1.165, 1.54) is 11.0 Å². The van der Waals surface area contributed by atoms with E-state index in [4.69, 9.17) is 9.47 Å². The fraction of sp³-hybridized carbons (Fsp3) is 0.214. The van der Waals surface area contributed by atoms with Gasteiger partial charge in [-0.1, -0.05) is 91.5 Å². The number of fused-ring (bicyclic) bond motifs is 3. The summed E-state index contributed by atoms with van der Waals surface area (Å²) in [6.07, 6.45) is 1.27. The SMILES string of the molecule is C=CCOC(=O)[C@H](Cc1ccccc1)N(C)C(=O)OCC1c2ccccc2-c2ccccc21. The zero-order valence-electron chi connectivity index (χ0n) is 18.6. The van der Waals surface area contributed by atoms with Gasteiger partial charge in [0.15, 0.2) is 0 Å². The number of hydrogen-bond donors (Lipinski definition) is 0. The maximum atomic E-state index is 13.0. The van der Waals surface area contributed by atoms with Gasteiger partial charge >= 0.3 is 12.1 Å². The van der Waals surface area contributed by atoms with Gasteiger partial charge in [-0.3, -0.25) is 4.90 Å². The van der Waals surface area contributed by atoms with E-state index in [1.807, 2.05) is 54.6 Å². The zero-order chi connectivity index (χ0) is 23.2. The third-order valence-electron chi connectivity index (χ3n) is 5.98. The van der Waals surface area contributed by atoms with Gasteiger partial charge in [-0.05, 0) is 27.8 Å². The van der Waals surface area contributed by atoms with E-state index in [9.17, 15) is 9.59 Å². The summed E-state index contributed by atoms with van der Waals surface area (Å²) in [7, 11) is 1.57. The van der Waals surface area contributed by atoms with Crippen LogP contribution >= 0.6 is 0 Å². The highest BCUT2D eigenvalue weighted by molar-refractivity contribution is 5.82. The van der Waals surface area contributed by atoms with Crippen LogP contribution < -0.4 is 0 Å². The van der Waals surface area contributed by atoms with Gasteiger partial charge in [0, 0.05) is 19.4 Å². The molecule has 0 radical (unpaired) electrons. The highest BCUT2D eigenvalue weighted by atomic mass is 16.6. The third-order valence-corrected chi connectivity index (χ3v) is 5.98. The van der Waals surface area contributed by atoms with E-state index in [-0.39, 0.29) is 19.1 Å². The summed E-state index contributed by atoms with van der Waals surface area (Å²) in [4.78, 5) is 27.1. The number of ether oxygens (including phenoxy) is 2. The predicted molar refractivity (Wildman–Crippen MR) is 128 cm³/mol. The molecule has 0 aromatic heterocycles. The van der Waals surface area contributed by atoms with Crippen molar-refractivity contribution < 1.29 is 19.1 Å². The quantitative estimate of drug-likeness (QED) is 0.356. The molecule has 0 N–H and O–H groups in total. The van der Waals surface area contributed by atoms with E-state index in [1.54, 1.807) is 7.05 Å². The van der Waals surface area contributed by atoms with Gasteiger partial charge in [-0.2, -0.15) is 0 Å². The number of amides is 1. The van der Waals surface area contributed by atoms with Gasteiger partial charge in [0.2, 0.25) is 0 Å². The minimum absolute atomic E-state index is 0.0463. The maximum absolute atomic E-state index is 13.0. The van der Waals surface area contributed by atoms with E-state index in [0.717, 1.165) is 27.8 Å².